The Morgan fingerprint density at radius 2 is 2.10 bits per heavy atom. The van der Waals surface area contributed by atoms with Crippen LogP contribution in [0.15, 0.2) is 30.3 Å². The van der Waals surface area contributed by atoms with Crippen LogP contribution in [-0.4, -0.2) is 50.2 Å². The Bertz CT molecular complexity index is 869. The van der Waals surface area contributed by atoms with Crippen LogP contribution >= 0.6 is 23.7 Å². The number of nitrogens with one attached hydrogen (secondary N) is 1. The number of benzene rings is 1. The van der Waals surface area contributed by atoms with Crippen LogP contribution in [0.1, 0.15) is 38.5 Å². The molecule has 2 aromatic rings. The van der Waals surface area contributed by atoms with Crippen molar-refractivity contribution in [1.29, 1.82) is 0 Å². The fraction of sp³-hybridized carbons (Fsp3) is 0.500. The molecule has 1 aromatic carbocycles. The van der Waals surface area contributed by atoms with Crippen molar-refractivity contribution in [3.05, 3.63) is 51.2 Å². The maximum absolute atomic E-state index is 13.1. The van der Waals surface area contributed by atoms with Crippen molar-refractivity contribution in [1.82, 2.24) is 10.2 Å². The maximum atomic E-state index is 13.1. The van der Waals surface area contributed by atoms with Crippen molar-refractivity contribution in [2.24, 2.45) is 0 Å². The number of fused-ring (bicyclic) bond motifs is 3. The average molecular weight is 435 g/mol. The zero-order valence-corrected chi connectivity index (χ0v) is 18.2. The number of likely N-dealkylation sites (N-methyl/N-ethyl adjacent to an activating group) is 1. The van der Waals surface area contributed by atoms with Gasteiger partial charge < -0.3 is 19.7 Å². The largest absolute Gasteiger partial charge is 0.488 e. The van der Waals surface area contributed by atoms with Gasteiger partial charge in [0, 0.05) is 24.8 Å². The minimum atomic E-state index is -0.192. The molecule has 0 radical (unpaired) electrons. The maximum Gasteiger partial charge on any atom is 0.263 e. The molecule has 1 spiro atoms. The Morgan fingerprint density at radius 1 is 1.31 bits per heavy atom. The van der Waals surface area contributed by atoms with E-state index in [0.29, 0.717) is 6.54 Å². The molecule has 0 aliphatic carbocycles. The minimum absolute atomic E-state index is 0. The zero-order chi connectivity index (χ0) is 19.1. The van der Waals surface area contributed by atoms with Crippen molar-refractivity contribution < 1.29 is 14.3 Å². The third-order valence-electron chi connectivity index (χ3n) is 6.17. The highest BCUT2D eigenvalue weighted by Gasteiger charge is 2.41. The molecule has 7 heteroatoms. The lowest BCUT2D eigenvalue weighted by molar-refractivity contribution is -0.0792. The fourth-order valence-corrected chi connectivity index (χ4v) is 5.92. The van der Waals surface area contributed by atoms with Crippen molar-refractivity contribution in [3.8, 4) is 5.75 Å². The van der Waals surface area contributed by atoms with Crippen LogP contribution in [0.5, 0.6) is 5.75 Å². The second-order valence-electron chi connectivity index (χ2n) is 8.03. The van der Waals surface area contributed by atoms with Gasteiger partial charge in [-0.15, -0.1) is 23.7 Å². The lowest BCUT2D eigenvalue weighted by Gasteiger charge is -2.40. The van der Waals surface area contributed by atoms with Crippen molar-refractivity contribution in [3.63, 3.8) is 0 Å². The summed E-state index contributed by atoms with van der Waals surface area (Å²) in [6.07, 6.45) is 3.76. The number of carbonyl (C=O) groups is 1. The molecule has 1 N–H and O–H groups in total. The van der Waals surface area contributed by atoms with Crippen molar-refractivity contribution in [2.75, 3.05) is 33.3 Å². The van der Waals surface area contributed by atoms with Crippen LogP contribution < -0.4 is 10.1 Å². The Morgan fingerprint density at radius 3 is 2.90 bits per heavy atom. The average Bonchev–Trinajstić information content (AvgIpc) is 3.32. The molecule has 156 valence electrons. The van der Waals surface area contributed by atoms with Gasteiger partial charge in [-0.25, -0.2) is 0 Å². The number of thiophene rings is 1. The normalized spacial score (nSPS) is 21.6. The first kappa shape index (κ1) is 20.7. The van der Waals surface area contributed by atoms with Gasteiger partial charge in [-0.05, 0) is 49.2 Å². The number of hydrogen-bond acceptors (Lipinski definition) is 5. The highest BCUT2D eigenvalue weighted by Crippen LogP contribution is 2.43. The molecule has 1 saturated heterocycles. The molecule has 4 heterocycles. The van der Waals surface area contributed by atoms with Crippen LogP contribution in [-0.2, 0) is 23.2 Å². The van der Waals surface area contributed by atoms with Gasteiger partial charge in [0.05, 0.1) is 23.6 Å². The summed E-state index contributed by atoms with van der Waals surface area (Å²) in [5.41, 5.74) is 2.29. The topological polar surface area (TPSA) is 50.8 Å². The number of rotatable bonds is 3. The predicted molar refractivity (Wildman–Crippen MR) is 117 cm³/mol. The first-order chi connectivity index (χ1) is 13.6. The molecule has 1 amide bonds. The lowest BCUT2D eigenvalue weighted by atomic mass is 9.83. The molecule has 3 aliphatic heterocycles. The molecular weight excluding hydrogens is 408 g/mol. The van der Waals surface area contributed by atoms with Crippen LogP contribution in [0, 0.1) is 0 Å². The Hall–Kier alpha value is -1.60. The summed E-state index contributed by atoms with van der Waals surface area (Å²) in [4.78, 5) is 17.1. The van der Waals surface area contributed by atoms with E-state index in [1.165, 1.54) is 16.0 Å². The van der Waals surface area contributed by atoms with Crippen molar-refractivity contribution >= 4 is 29.7 Å². The summed E-state index contributed by atoms with van der Waals surface area (Å²) < 4.78 is 12.3. The second kappa shape index (κ2) is 8.26. The van der Waals surface area contributed by atoms with E-state index >= 15 is 0 Å². The summed E-state index contributed by atoms with van der Waals surface area (Å²) in [7, 11) is 1.88. The highest BCUT2D eigenvalue weighted by atomic mass is 35.5. The zero-order valence-electron chi connectivity index (χ0n) is 16.6. The van der Waals surface area contributed by atoms with E-state index in [1.807, 2.05) is 30.1 Å². The Kier molecular flexibility index (Phi) is 5.89. The summed E-state index contributed by atoms with van der Waals surface area (Å²) in [6.45, 7) is 3.29. The fourth-order valence-electron chi connectivity index (χ4n) is 4.70. The van der Waals surface area contributed by atoms with Crippen LogP contribution in [0.3, 0.4) is 0 Å². The number of amides is 1. The van der Waals surface area contributed by atoms with Gasteiger partial charge in [0.25, 0.3) is 5.91 Å². The number of hydrogen-bond donors (Lipinski definition) is 1. The van der Waals surface area contributed by atoms with Crippen LogP contribution in [0.25, 0.3) is 0 Å². The van der Waals surface area contributed by atoms with Gasteiger partial charge in [-0.1, -0.05) is 18.2 Å². The smallest absolute Gasteiger partial charge is 0.263 e. The molecule has 0 bridgehead atoms. The standard InChI is InChI=1S/C22H26N2O3S.ClH/c1-24(14-16-12-15-4-2-3-5-18(15)27-16)21(25)20-13-17-19(28-20)6-11-26-22(17)7-9-23-10-8-22;/h2-5,13,16,23H,6-12,14H2,1H3;1H. The molecule has 3 aliphatic rings. The van der Waals surface area contributed by atoms with Gasteiger partial charge >= 0.3 is 0 Å². The van der Waals surface area contributed by atoms with E-state index in [2.05, 4.69) is 17.4 Å². The van der Waals surface area contributed by atoms with E-state index in [-0.39, 0.29) is 30.0 Å². The monoisotopic (exact) mass is 434 g/mol. The molecule has 1 aromatic heterocycles. The van der Waals surface area contributed by atoms with E-state index < -0.39 is 0 Å². The molecule has 1 fully saturated rings. The molecule has 5 nitrogen and oxygen atoms in total. The molecule has 0 saturated carbocycles. The Balaban J connectivity index is 0.00000205. The van der Waals surface area contributed by atoms with E-state index in [9.17, 15) is 4.79 Å². The summed E-state index contributed by atoms with van der Waals surface area (Å²) in [5.74, 6) is 1.04. The molecule has 1 unspecified atom stereocenters. The predicted octanol–water partition coefficient (Wildman–Crippen LogP) is 3.40. The number of halogens is 1. The first-order valence-electron chi connectivity index (χ1n) is 10.1. The number of para-hydroxylation sites is 1. The number of carbonyl (C=O) groups excluding carboxylic acids is 1. The molecular formula is C22H27ClN2O3S. The molecule has 5 rings (SSSR count). The van der Waals surface area contributed by atoms with Crippen LogP contribution in [0.2, 0.25) is 0 Å². The van der Waals surface area contributed by atoms with E-state index in [0.717, 1.165) is 56.0 Å². The summed E-state index contributed by atoms with van der Waals surface area (Å²) in [5, 5.41) is 3.42. The third-order valence-corrected chi connectivity index (χ3v) is 7.35. The number of piperidine rings is 1. The van der Waals surface area contributed by atoms with Gasteiger partial charge in [0.2, 0.25) is 0 Å². The molecule has 29 heavy (non-hydrogen) atoms. The lowest BCUT2D eigenvalue weighted by Crippen LogP contribution is -2.44. The van der Waals surface area contributed by atoms with Crippen LogP contribution in [0.4, 0.5) is 0 Å². The van der Waals surface area contributed by atoms with E-state index in [4.69, 9.17) is 9.47 Å². The van der Waals surface area contributed by atoms with Crippen molar-refractivity contribution in [2.45, 2.75) is 37.4 Å². The SMILES string of the molecule is CN(CC1Cc2ccccc2O1)C(=O)c1cc2c(s1)CCOC21CCNCC1.Cl. The highest BCUT2D eigenvalue weighted by molar-refractivity contribution is 7.14. The number of ether oxygens (including phenoxy) is 2. The number of nitrogens with zero attached hydrogens (tertiary/aromatic N) is 1. The quantitative estimate of drug-likeness (QED) is 0.804. The Labute approximate surface area is 181 Å². The van der Waals surface area contributed by atoms with Gasteiger partial charge in [0.15, 0.2) is 0 Å². The molecule has 1 atom stereocenters. The summed E-state index contributed by atoms with van der Waals surface area (Å²) >= 11 is 1.65. The van der Waals surface area contributed by atoms with Gasteiger partial charge in [0.1, 0.15) is 11.9 Å². The van der Waals surface area contributed by atoms with Gasteiger partial charge in [-0.2, -0.15) is 0 Å². The summed E-state index contributed by atoms with van der Waals surface area (Å²) in [6, 6.07) is 10.2. The minimum Gasteiger partial charge on any atom is -0.488 e. The third kappa shape index (κ3) is 3.79. The first-order valence-corrected chi connectivity index (χ1v) is 10.9. The van der Waals surface area contributed by atoms with E-state index in [1.54, 1.807) is 11.3 Å². The second-order valence-corrected chi connectivity index (χ2v) is 9.16. The van der Waals surface area contributed by atoms with Gasteiger partial charge in [-0.3, -0.25) is 4.79 Å².